The second kappa shape index (κ2) is 6.56. The fourth-order valence-electron chi connectivity index (χ4n) is 1.79. The third-order valence-electron chi connectivity index (χ3n) is 2.59. The Morgan fingerprint density at radius 2 is 2.00 bits per heavy atom. The Hall–Kier alpha value is -1.56. The fraction of sp³-hybridized carbons (Fsp3) is 0.385. The third-order valence-corrected chi connectivity index (χ3v) is 3.22. The molecule has 1 amide bonds. The van der Waals surface area contributed by atoms with Crippen LogP contribution in [0.5, 0.6) is 0 Å². The van der Waals surface area contributed by atoms with Gasteiger partial charge in [0.15, 0.2) is 0 Å². The highest BCUT2D eigenvalue weighted by molar-refractivity contribution is 9.10. The second-order valence-corrected chi connectivity index (χ2v) is 5.27. The monoisotopic (exact) mass is 328 g/mol. The topological polar surface area (TPSA) is 78.4 Å². The Kier molecular flexibility index (Phi) is 5.35. The first-order valence-corrected chi connectivity index (χ1v) is 6.61. The van der Waals surface area contributed by atoms with Gasteiger partial charge in [-0.3, -0.25) is 4.79 Å². The molecule has 0 radical (unpaired) electrons. The third kappa shape index (κ3) is 4.55. The molecule has 0 spiro atoms. The molecule has 0 heterocycles. The van der Waals surface area contributed by atoms with Crippen molar-refractivity contribution < 1.29 is 14.7 Å². The molecule has 1 atom stereocenters. The Balaban J connectivity index is 2.80. The maximum atomic E-state index is 11.0. The summed E-state index contributed by atoms with van der Waals surface area (Å²) in [7, 11) is 0. The molecule has 1 aromatic rings. The van der Waals surface area contributed by atoms with Gasteiger partial charge in [0.1, 0.15) is 6.04 Å². The number of amides is 1. The largest absolute Gasteiger partial charge is 0.480 e. The van der Waals surface area contributed by atoms with E-state index in [-0.39, 0.29) is 12.5 Å². The van der Waals surface area contributed by atoms with Crippen LogP contribution in [0.2, 0.25) is 0 Å². The number of nitrogens with one attached hydrogen (secondary N) is 2. The van der Waals surface area contributed by atoms with Crippen molar-refractivity contribution in [3.63, 3.8) is 0 Å². The van der Waals surface area contributed by atoms with Crippen molar-refractivity contribution in [2.45, 2.75) is 26.8 Å². The van der Waals surface area contributed by atoms with E-state index in [0.717, 1.165) is 21.3 Å². The van der Waals surface area contributed by atoms with E-state index in [2.05, 4.69) is 26.6 Å². The van der Waals surface area contributed by atoms with Gasteiger partial charge in [0, 0.05) is 17.9 Å². The van der Waals surface area contributed by atoms with Gasteiger partial charge in [0.05, 0.1) is 5.69 Å². The molecule has 0 saturated carbocycles. The van der Waals surface area contributed by atoms with Crippen molar-refractivity contribution in [1.82, 2.24) is 5.32 Å². The SMILES string of the molecule is CC(=O)NC(CNc1c(C)cc(C)cc1Br)C(=O)O. The maximum absolute atomic E-state index is 11.0. The Morgan fingerprint density at radius 1 is 1.37 bits per heavy atom. The van der Waals surface area contributed by atoms with Gasteiger partial charge in [-0.25, -0.2) is 4.79 Å². The van der Waals surface area contributed by atoms with E-state index in [1.807, 2.05) is 26.0 Å². The van der Waals surface area contributed by atoms with E-state index >= 15 is 0 Å². The standard InChI is InChI=1S/C13H17BrN2O3/c1-7-4-8(2)12(10(14)5-7)15-6-11(13(18)19)16-9(3)17/h4-5,11,15H,6H2,1-3H3,(H,16,17)(H,18,19). The minimum absolute atomic E-state index is 0.122. The molecule has 0 aromatic heterocycles. The lowest BCUT2D eigenvalue weighted by atomic mass is 10.1. The van der Waals surface area contributed by atoms with Crippen LogP contribution in [-0.2, 0) is 9.59 Å². The van der Waals surface area contributed by atoms with Gasteiger partial charge in [0.25, 0.3) is 0 Å². The summed E-state index contributed by atoms with van der Waals surface area (Å²) in [6.45, 7) is 5.34. The number of aryl methyl sites for hydroxylation is 2. The minimum atomic E-state index is -1.07. The predicted molar refractivity (Wildman–Crippen MR) is 77.3 cm³/mol. The number of halogens is 1. The average Bonchev–Trinajstić information content (AvgIpc) is 2.25. The number of carboxylic acids is 1. The Morgan fingerprint density at radius 3 is 2.47 bits per heavy atom. The summed E-state index contributed by atoms with van der Waals surface area (Å²) in [4.78, 5) is 22.0. The molecule has 1 unspecified atom stereocenters. The summed E-state index contributed by atoms with van der Waals surface area (Å²) in [5, 5.41) is 14.5. The van der Waals surface area contributed by atoms with Crippen LogP contribution in [0.4, 0.5) is 5.69 Å². The molecule has 5 nitrogen and oxygen atoms in total. The average molecular weight is 329 g/mol. The smallest absolute Gasteiger partial charge is 0.328 e. The number of benzene rings is 1. The number of hydrogen-bond donors (Lipinski definition) is 3. The van der Waals surface area contributed by atoms with Crippen LogP contribution in [-0.4, -0.2) is 29.6 Å². The summed E-state index contributed by atoms with van der Waals surface area (Å²) >= 11 is 3.44. The first kappa shape index (κ1) is 15.5. The molecule has 0 saturated heterocycles. The quantitative estimate of drug-likeness (QED) is 0.773. The zero-order chi connectivity index (χ0) is 14.6. The maximum Gasteiger partial charge on any atom is 0.328 e. The molecule has 0 aliphatic heterocycles. The summed E-state index contributed by atoms with van der Waals surface area (Å²) in [6, 6.07) is 3.00. The van der Waals surface area contributed by atoms with Crippen LogP contribution in [0, 0.1) is 13.8 Å². The van der Waals surface area contributed by atoms with Gasteiger partial charge in [-0.05, 0) is 47.0 Å². The Bertz CT molecular complexity index is 480. The molecule has 6 heteroatoms. The molecule has 1 rings (SSSR count). The van der Waals surface area contributed by atoms with E-state index in [0.29, 0.717) is 0 Å². The lowest BCUT2D eigenvalue weighted by Gasteiger charge is -2.17. The second-order valence-electron chi connectivity index (χ2n) is 4.41. The van der Waals surface area contributed by atoms with Crippen LogP contribution < -0.4 is 10.6 Å². The van der Waals surface area contributed by atoms with Crippen molar-refractivity contribution >= 4 is 33.5 Å². The van der Waals surface area contributed by atoms with Crippen molar-refractivity contribution in [2.75, 3.05) is 11.9 Å². The normalized spacial score (nSPS) is 11.8. The lowest BCUT2D eigenvalue weighted by molar-refractivity contribution is -0.141. The van der Waals surface area contributed by atoms with Gasteiger partial charge in [-0.2, -0.15) is 0 Å². The van der Waals surface area contributed by atoms with Gasteiger partial charge < -0.3 is 15.7 Å². The van der Waals surface area contributed by atoms with Crippen LogP contribution in [0.1, 0.15) is 18.1 Å². The molecule has 104 valence electrons. The van der Waals surface area contributed by atoms with E-state index in [9.17, 15) is 9.59 Å². The number of carboxylic acid groups (broad SMARTS) is 1. The summed E-state index contributed by atoms with van der Waals surface area (Å²) in [5.74, 6) is -1.43. The first-order chi connectivity index (χ1) is 8.81. The zero-order valence-electron chi connectivity index (χ0n) is 11.1. The molecule has 0 aliphatic rings. The molecule has 0 fully saturated rings. The van der Waals surface area contributed by atoms with Gasteiger partial charge >= 0.3 is 5.97 Å². The van der Waals surface area contributed by atoms with Crippen molar-refractivity contribution in [2.24, 2.45) is 0 Å². The van der Waals surface area contributed by atoms with E-state index < -0.39 is 12.0 Å². The molecule has 0 aliphatic carbocycles. The number of rotatable bonds is 5. The number of carbonyl (C=O) groups is 2. The van der Waals surface area contributed by atoms with Crippen LogP contribution in [0.3, 0.4) is 0 Å². The highest BCUT2D eigenvalue weighted by atomic mass is 79.9. The number of hydrogen-bond acceptors (Lipinski definition) is 3. The van der Waals surface area contributed by atoms with E-state index in [1.165, 1.54) is 6.92 Å². The minimum Gasteiger partial charge on any atom is -0.480 e. The van der Waals surface area contributed by atoms with Gasteiger partial charge in [-0.15, -0.1) is 0 Å². The van der Waals surface area contributed by atoms with Crippen molar-refractivity contribution in [3.8, 4) is 0 Å². The van der Waals surface area contributed by atoms with Crippen LogP contribution >= 0.6 is 15.9 Å². The van der Waals surface area contributed by atoms with Gasteiger partial charge in [0.2, 0.25) is 5.91 Å². The van der Waals surface area contributed by atoms with Crippen LogP contribution in [0.25, 0.3) is 0 Å². The lowest BCUT2D eigenvalue weighted by Crippen LogP contribution is -2.44. The number of carbonyl (C=O) groups excluding carboxylic acids is 1. The van der Waals surface area contributed by atoms with Crippen molar-refractivity contribution in [3.05, 3.63) is 27.7 Å². The summed E-state index contributed by atoms with van der Waals surface area (Å²) in [6.07, 6.45) is 0. The van der Waals surface area contributed by atoms with Crippen molar-refractivity contribution in [1.29, 1.82) is 0 Å². The predicted octanol–water partition coefficient (Wildman–Crippen LogP) is 2.07. The zero-order valence-corrected chi connectivity index (χ0v) is 12.7. The highest BCUT2D eigenvalue weighted by Gasteiger charge is 2.18. The summed E-state index contributed by atoms with van der Waals surface area (Å²) in [5.41, 5.74) is 2.97. The molecule has 1 aromatic carbocycles. The summed E-state index contributed by atoms with van der Waals surface area (Å²) < 4.78 is 0.872. The molecule has 3 N–H and O–H groups in total. The first-order valence-electron chi connectivity index (χ1n) is 5.81. The fourth-order valence-corrected chi connectivity index (χ4v) is 2.60. The van der Waals surface area contributed by atoms with Gasteiger partial charge in [-0.1, -0.05) is 6.07 Å². The molecular formula is C13H17BrN2O3. The van der Waals surface area contributed by atoms with E-state index in [4.69, 9.17) is 5.11 Å². The highest BCUT2D eigenvalue weighted by Crippen LogP contribution is 2.27. The Labute approximate surface area is 120 Å². The number of aliphatic carboxylic acids is 1. The molecule has 19 heavy (non-hydrogen) atoms. The number of anilines is 1. The molecular weight excluding hydrogens is 312 g/mol. The molecule has 0 bridgehead atoms. The van der Waals surface area contributed by atoms with E-state index in [1.54, 1.807) is 0 Å². The van der Waals surface area contributed by atoms with Crippen LogP contribution in [0.15, 0.2) is 16.6 Å².